The molecule has 0 spiro atoms. The Morgan fingerprint density at radius 3 is 1.84 bits per heavy atom. The van der Waals surface area contributed by atoms with Crippen LogP contribution in [-0.2, 0) is 4.79 Å². The van der Waals surface area contributed by atoms with Crippen molar-refractivity contribution in [1.29, 1.82) is 0 Å². The van der Waals surface area contributed by atoms with Crippen LogP contribution < -0.4 is 5.32 Å². The number of halogens is 2. The Balaban J connectivity index is 1.96. The van der Waals surface area contributed by atoms with Crippen LogP contribution in [0, 0.1) is 11.8 Å². The quantitative estimate of drug-likeness (QED) is 0.802. The minimum atomic E-state index is -0.0127. The zero-order valence-electron chi connectivity index (χ0n) is 14.6. The van der Waals surface area contributed by atoms with Gasteiger partial charge in [0.05, 0.1) is 11.8 Å². The second-order valence-electron chi connectivity index (χ2n) is 6.93. The maximum absolute atomic E-state index is 13.1. The molecule has 1 fully saturated rings. The van der Waals surface area contributed by atoms with Gasteiger partial charge in [0.1, 0.15) is 12.1 Å². The monoisotopic (exact) mass is 376 g/mol. The second-order valence-corrected chi connectivity index (χ2v) is 7.81. The molecule has 1 saturated heterocycles. The summed E-state index contributed by atoms with van der Waals surface area (Å²) in [6.07, 6.45) is 1.92. The molecule has 4 atom stereocenters. The summed E-state index contributed by atoms with van der Waals surface area (Å²) in [5.74, 6) is 0.398. The number of Topliss-reactive ketones (excluding diaryl/α,β-unsaturated/α-hetero) is 1. The van der Waals surface area contributed by atoms with Gasteiger partial charge in [-0.15, -0.1) is 0 Å². The number of carbonyl (C=O) groups is 1. The SMILES string of the molecule is CCC[C@H]1C(=O)[C@@H](C)[C@@H](c2ccc(Cl)cc2)[NH2+][C@@H]1c1ccc(Cl)cc1. The number of quaternary nitrogens is 1. The Morgan fingerprint density at radius 2 is 1.36 bits per heavy atom. The predicted octanol–water partition coefficient (Wildman–Crippen LogP) is 4.97. The van der Waals surface area contributed by atoms with E-state index in [1.807, 2.05) is 48.5 Å². The molecule has 2 N–H and O–H groups in total. The molecule has 25 heavy (non-hydrogen) atoms. The first-order chi connectivity index (χ1) is 12.0. The maximum Gasteiger partial charge on any atom is 0.151 e. The Hall–Kier alpha value is -1.35. The van der Waals surface area contributed by atoms with Crippen molar-refractivity contribution in [3.8, 4) is 0 Å². The van der Waals surface area contributed by atoms with Crippen molar-refractivity contribution in [2.75, 3.05) is 0 Å². The Bertz CT molecular complexity index is 727. The van der Waals surface area contributed by atoms with Crippen molar-refractivity contribution in [2.24, 2.45) is 11.8 Å². The Kier molecular flexibility index (Phi) is 5.83. The molecule has 1 aliphatic heterocycles. The summed E-state index contributed by atoms with van der Waals surface area (Å²) in [7, 11) is 0. The highest BCUT2D eigenvalue weighted by Crippen LogP contribution is 2.35. The van der Waals surface area contributed by atoms with Crippen LogP contribution in [0.3, 0.4) is 0 Å². The van der Waals surface area contributed by atoms with Crippen molar-refractivity contribution in [3.05, 3.63) is 69.7 Å². The third-order valence-electron chi connectivity index (χ3n) is 5.31. The molecule has 4 heteroatoms. The van der Waals surface area contributed by atoms with E-state index in [0.717, 1.165) is 28.5 Å². The molecule has 0 bridgehead atoms. The van der Waals surface area contributed by atoms with Gasteiger partial charge in [0.15, 0.2) is 5.78 Å². The van der Waals surface area contributed by atoms with Gasteiger partial charge in [0.25, 0.3) is 0 Å². The minimum absolute atomic E-state index is 0.0127. The second kappa shape index (κ2) is 7.90. The van der Waals surface area contributed by atoms with E-state index in [-0.39, 0.29) is 23.9 Å². The number of nitrogens with two attached hydrogens (primary N) is 1. The topological polar surface area (TPSA) is 33.7 Å². The van der Waals surface area contributed by atoms with Crippen LogP contribution in [0.4, 0.5) is 0 Å². The first-order valence-electron chi connectivity index (χ1n) is 8.91. The van der Waals surface area contributed by atoms with E-state index in [4.69, 9.17) is 23.2 Å². The van der Waals surface area contributed by atoms with Crippen LogP contribution in [0.15, 0.2) is 48.5 Å². The van der Waals surface area contributed by atoms with E-state index in [0.29, 0.717) is 5.78 Å². The van der Waals surface area contributed by atoms with Crippen molar-refractivity contribution in [3.63, 3.8) is 0 Å². The van der Waals surface area contributed by atoms with Crippen LogP contribution in [-0.4, -0.2) is 5.78 Å². The molecule has 0 unspecified atom stereocenters. The number of hydrogen-bond acceptors (Lipinski definition) is 1. The van der Waals surface area contributed by atoms with Gasteiger partial charge in [0, 0.05) is 21.2 Å². The van der Waals surface area contributed by atoms with Crippen molar-refractivity contribution >= 4 is 29.0 Å². The number of piperidine rings is 1. The lowest BCUT2D eigenvalue weighted by atomic mass is 9.74. The molecule has 1 aliphatic rings. The van der Waals surface area contributed by atoms with Crippen LogP contribution in [0.2, 0.25) is 10.0 Å². The third kappa shape index (κ3) is 3.92. The number of rotatable bonds is 4. The molecule has 0 aliphatic carbocycles. The van der Waals surface area contributed by atoms with Crippen LogP contribution >= 0.6 is 23.2 Å². The average Bonchev–Trinajstić information content (AvgIpc) is 2.61. The fourth-order valence-corrected chi connectivity index (χ4v) is 4.21. The van der Waals surface area contributed by atoms with Crippen LogP contribution in [0.5, 0.6) is 0 Å². The van der Waals surface area contributed by atoms with Crippen molar-refractivity contribution in [1.82, 2.24) is 0 Å². The van der Waals surface area contributed by atoms with E-state index >= 15 is 0 Å². The molecule has 1 heterocycles. The van der Waals surface area contributed by atoms with Crippen molar-refractivity contribution < 1.29 is 10.1 Å². The number of benzene rings is 2. The summed E-state index contributed by atoms with van der Waals surface area (Å²) >= 11 is 12.1. The standard InChI is InChI=1S/C21H23Cl2NO/c1-3-4-18-20(15-7-11-17(23)12-8-15)24-19(13(2)21(18)25)14-5-9-16(22)10-6-14/h5-13,18-20,24H,3-4H2,1-2H3/p+1/t13-,18+,19-,20+/m0/s1. The Morgan fingerprint density at radius 1 is 0.880 bits per heavy atom. The lowest BCUT2D eigenvalue weighted by molar-refractivity contribution is -0.748. The van der Waals surface area contributed by atoms with Gasteiger partial charge >= 0.3 is 0 Å². The summed E-state index contributed by atoms with van der Waals surface area (Å²) in [4.78, 5) is 13.1. The lowest BCUT2D eigenvalue weighted by Gasteiger charge is -2.37. The summed E-state index contributed by atoms with van der Waals surface area (Å²) < 4.78 is 0. The maximum atomic E-state index is 13.1. The molecule has 2 nitrogen and oxygen atoms in total. The lowest BCUT2D eigenvalue weighted by Crippen LogP contribution is -2.91. The van der Waals surface area contributed by atoms with Gasteiger partial charge in [-0.25, -0.2) is 0 Å². The summed E-state index contributed by atoms with van der Waals surface area (Å²) in [6, 6.07) is 16.0. The molecule has 132 valence electrons. The number of hydrogen-bond donors (Lipinski definition) is 1. The van der Waals surface area contributed by atoms with Gasteiger partial charge in [0.2, 0.25) is 0 Å². The smallest absolute Gasteiger partial charge is 0.151 e. The average molecular weight is 377 g/mol. The first-order valence-corrected chi connectivity index (χ1v) is 9.66. The third-order valence-corrected chi connectivity index (χ3v) is 5.81. The zero-order chi connectivity index (χ0) is 18.0. The summed E-state index contributed by atoms with van der Waals surface area (Å²) in [6.45, 7) is 4.20. The Labute approximate surface area is 159 Å². The number of carbonyl (C=O) groups excluding carboxylic acids is 1. The van der Waals surface area contributed by atoms with Crippen LogP contribution in [0.1, 0.15) is 49.9 Å². The van der Waals surface area contributed by atoms with Crippen LogP contribution in [0.25, 0.3) is 0 Å². The fourth-order valence-electron chi connectivity index (χ4n) is 3.96. The zero-order valence-corrected chi connectivity index (χ0v) is 16.1. The molecule has 0 amide bonds. The highest BCUT2D eigenvalue weighted by molar-refractivity contribution is 6.30. The first kappa shape index (κ1) is 18.4. The van der Waals surface area contributed by atoms with Gasteiger partial charge in [-0.1, -0.05) is 60.8 Å². The molecule has 3 rings (SSSR count). The van der Waals surface area contributed by atoms with E-state index in [9.17, 15) is 4.79 Å². The van der Waals surface area contributed by atoms with Gasteiger partial charge in [-0.05, 0) is 37.6 Å². The highest BCUT2D eigenvalue weighted by atomic mass is 35.5. The molecule has 2 aromatic rings. The molecular weight excluding hydrogens is 353 g/mol. The highest BCUT2D eigenvalue weighted by Gasteiger charge is 2.45. The molecular formula is C21H24Cl2NO+. The van der Waals surface area contributed by atoms with E-state index in [1.54, 1.807) is 0 Å². The molecule has 0 radical (unpaired) electrons. The molecule has 0 saturated carbocycles. The summed E-state index contributed by atoms with van der Waals surface area (Å²) in [5, 5.41) is 3.80. The fraction of sp³-hybridized carbons (Fsp3) is 0.381. The van der Waals surface area contributed by atoms with Gasteiger partial charge < -0.3 is 5.32 Å². The number of ketones is 1. The van der Waals surface area contributed by atoms with Gasteiger partial charge in [-0.2, -0.15) is 0 Å². The predicted molar refractivity (Wildman–Crippen MR) is 103 cm³/mol. The molecule has 0 aromatic heterocycles. The minimum Gasteiger partial charge on any atom is -0.333 e. The normalized spacial score (nSPS) is 26.6. The van der Waals surface area contributed by atoms with Crippen molar-refractivity contribution in [2.45, 2.75) is 38.8 Å². The largest absolute Gasteiger partial charge is 0.333 e. The molecule has 2 aromatic carbocycles. The summed E-state index contributed by atoms with van der Waals surface area (Å²) in [5.41, 5.74) is 2.32. The van der Waals surface area contributed by atoms with E-state index in [2.05, 4.69) is 19.2 Å². The van der Waals surface area contributed by atoms with E-state index < -0.39 is 0 Å². The van der Waals surface area contributed by atoms with Gasteiger partial charge in [-0.3, -0.25) is 4.79 Å². The van der Waals surface area contributed by atoms with E-state index in [1.165, 1.54) is 5.56 Å².